The average molecular weight is 453 g/mol. The van der Waals surface area contributed by atoms with Gasteiger partial charge in [0, 0.05) is 12.8 Å². The van der Waals surface area contributed by atoms with Crippen LogP contribution < -0.4 is 0 Å². The van der Waals surface area contributed by atoms with Crippen LogP contribution in [0.25, 0.3) is 0 Å². The Bertz CT molecular complexity index is 929. The SMILES string of the molecule is CCCC1=C2C(c3ccc(C(C)OC(C)=O)cc3)CC3C(CC[C@H]3CF)C2CC/C1=C/C=O. The van der Waals surface area contributed by atoms with Gasteiger partial charge in [-0.25, -0.2) is 0 Å². The molecule has 0 amide bonds. The van der Waals surface area contributed by atoms with Gasteiger partial charge < -0.3 is 4.74 Å². The van der Waals surface area contributed by atoms with Crippen molar-refractivity contribution in [3.8, 4) is 0 Å². The third-order valence-corrected chi connectivity index (χ3v) is 8.40. The maximum Gasteiger partial charge on any atom is 0.303 e. The van der Waals surface area contributed by atoms with E-state index >= 15 is 0 Å². The molecule has 33 heavy (non-hydrogen) atoms. The number of carbonyl (C=O) groups is 2. The molecule has 0 bridgehead atoms. The smallest absolute Gasteiger partial charge is 0.303 e. The van der Waals surface area contributed by atoms with Crippen LogP contribution in [0.2, 0.25) is 0 Å². The Hall–Kier alpha value is -2.23. The van der Waals surface area contributed by atoms with E-state index in [1.54, 1.807) is 6.08 Å². The fraction of sp³-hybridized carbons (Fsp3) is 0.586. The second-order valence-electron chi connectivity index (χ2n) is 10.2. The van der Waals surface area contributed by atoms with E-state index in [0.717, 1.165) is 56.8 Å². The van der Waals surface area contributed by atoms with Crippen LogP contribution in [0.3, 0.4) is 0 Å². The first-order valence-corrected chi connectivity index (χ1v) is 12.7. The Labute approximate surface area is 197 Å². The predicted molar refractivity (Wildman–Crippen MR) is 128 cm³/mol. The molecule has 0 radical (unpaired) electrons. The molecule has 3 aliphatic rings. The van der Waals surface area contributed by atoms with Crippen LogP contribution >= 0.6 is 0 Å². The molecular weight excluding hydrogens is 415 g/mol. The Morgan fingerprint density at radius 2 is 1.94 bits per heavy atom. The van der Waals surface area contributed by atoms with Crippen LogP contribution in [-0.4, -0.2) is 18.9 Å². The highest BCUT2D eigenvalue weighted by molar-refractivity contribution is 5.69. The molecule has 178 valence electrons. The summed E-state index contributed by atoms with van der Waals surface area (Å²) >= 11 is 0. The summed E-state index contributed by atoms with van der Waals surface area (Å²) in [6.07, 6.45) is 9.63. The topological polar surface area (TPSA) is 43.4 Å². The van der Waals surface area contributed by atoms with Crippen molar-refractivity contribution >= 4 is 12.3 Å². The molecule has 1 aromatic carbocycles. The standard InChI is InChI=1S/C29H37FO3/c1-4-5-24-22(14-15-31)10-13-26-25-12-11-23(17-30)27(25)16-28(29(24)26)21-8-6-20(7-9-21)18(2)33-19(3)32/h6-9,14-15,18,23,25-28H,4-5,10-13,16-17H2,1-3H3/b22-14-/t18?,23-,25?,26?,27?,28?/m0/s1. The summed E-state index contributed by atoms with van der Waals surface area (Å²) in [6.45, 7) is 5.32. The maximum atomic E-state index is 13.9. The number of allylic oxidation sites excluding steroid dienone is 4. The van der Waals surface area contributed by atoms with Gasteiger partial charge in [-0.2, -0.15) is 0 Å². The summed E-state index contributed by atoms with van der Waals surface area (Å²) in [4.78, 5) is 22.8. The molecule has 5 unspecified atom stereocenters. The molecule has 0 saturated heterocycles. The lowest BCUT2D eigenvalue weighted by Gasteiger charge is -2.47. The van der Waals surface area contributed by atoms with E-state index in [0.29, 0.717) is 17.8 Å². The zero-order valence-electron chi connectivity index (χ0n) is 20.2. The second-order valence-corrected chi connectivity index (χ2v) is 10.2. The molecular formula is C29H37FO3. The molecule has 3 aliphatic carbocycles. The van der Waals surface area contributed by atoms with Crippen molar-refractivity contribution in [2.45, 2.75) is 77.7 Å². The average Bonchev–Trinajstić information content (AvgIpc) is 3.23. The van der Waals surface area contributed by atoms with Gasteiger partial charge in [-0.05, 0) is 97.5 Å². The Balaban J connectivity index is 1.76. The highest BCUT2D eigenvalue weighted by Crippen LogP contribution is 2.59. The molecule has 0 spiro atoms. The highest BCUT2D eigenvalue weighted by Gasteiger charge is 2.49. The van der Waals surface area contributed by atoms with Gasteiger partial charge >= 0.3 is 5.97 Å². The van der Waals surface area contributed by atoms with E-state index in [-0.39, 0.29) is 30.6 Å². The number of fused-ring (bicyclic) bond motifs is 3. The second kappa shape index (κ2) is 10.4. The zero-order valence-corrected chi connectivity index (χ0v) is 20.2. The molecule has 0 aromatic heterocycles. The number of hydrogen-bond donors (Lipinski definition) is 0. The fourth-order valence-corrected chi connectivity index (χ4v) is 7.03. The Morgan fingerprint density at radius 1 is 1.18 bits per heavy atom. The molecule has 1 aromatic rings. The first kappa shape index (κ1) is 23.9. The minimum absolute atomic E-state index is 0.184. The molecule has 4 heteroatoms. The van der Waals surface area contributed by atoms with E-state index in [2.05, 4.69) is 31.2 Å². The molecule has 2 fully saturated rings. The summed E-state index contributed by atoms with van der Waals surface area (Å²) < 4.78 is 19.3. The van der Waals surface area contributed by atoms with Crippen molar-refractivity contribution in [1.82, 2.24) is 0 Å². The number of alkyl halides is 1. The Morgan fingerprint density at radius 3 is 2.58 bits per heavy atom. The van der Waals surface area contributed by atoms with Gasteiger partial charge in [-0.15, -0.1) is 0 Å². The minimum atomic E-state index is -0.280. The van der Waals surface area contributed by atoms with Crippen LogP contribution in [-0.2, 0) is 14.3 Å². The number of carbonyl (C=O) groups excluding carboxylic acids is 2. The summed E-state index contributed by atoms with van der Waals surface area (Å²) in [7, 11) is 0. The maximum absolute atomic E-state index is 13.9. The molecule has 0 aliphatic heterocycles. The molecule has 4 rings (SSSR count). The summed E-state index contributed by atoms with van der Waals surface area (Å²) in [5, 5.41) is 0. The Kier molecular flexibility index (Phi) is 7.51. The van der Waals surface area contributed by atoms with Crippen LogP contribution in [0.4, 0.5) is 4.39 Å². The monoisotopic (exact) mass is 452 g/mol. The predicted octanol–water partition coefficient (Wildman–Crippen LogP) is 7.04. The summed E-state index contributed by atoms with van der Waals surface area (Å²) in [6, 6.07) is 8.48. The van der Waals surface area contributed by atoms with Gasteiger partial charge in [0.1, 0.15) is 12.4 Å². The van der Waals surface area contributed by atoms with Gasteiger partial charge in [0.15, 0.2) is 0 Å². The number of benzene rings is 1. The minimum Gasteiger partial charge on any atom is -0.458 e. The van der Waals surface area contributed by atoms with Gasteiger partial charge in [-0.1, -0.05) is 43.2 Å². The number of rotatable bonds is 7. The highest BCUT2D eigenvalue weighted by atomic mass is 19.1. The molecule has 0 N–H and O–H groups in total. The largest absolute Gasteiger partial charge is 0.458 e. The lowest BCUT2D eigenvalue weighted by molar-refractivity contribution is -0.145. The number of aldehydes is 1. The van der Waals surface area contributed by atoms with Crippen LogP contribution in [0.1, 0.15) is 88.9 Å². The van der Waals surface area contributed by atoms with Gasteiger partial charge in [0.2, 0.25) is 0 Å². The first-order chi connectivity index (χ1) is 16.0. The van der Waals surface area contributed by atoms with E-state index in [1.165, 1.54) is 29.2 Å². The lowest BCUT2D eigenvalue weighted by atomic mass is 9.58. The molecule has 6 atom stereocenters. The van der Waals surface area contributed by atoms with Crippen LogP contribution in [0.5, 0.6) is 0 Å². The fourth-order valence-electron chi connectivity index (χ4n) is 7.03. The van der Waals surface area contributed by atoms with E-state index < -0.39 is 0 Å². The van der Waals surface area contributed by atoms with Crippen molar-refractivity contribution in [2.24, 2.45) is 23.7 Å². The van der Waals surface area contributed by atoms with Crippen molar-refractivity contribution < 1.29 is 18.7 Å². The van der Waals surface area contributed by atoms with E-state index in [1.807, 2.05) is 6.92 Å². The third-order valence-electron chi connectivity index (χ3n) is 8.40. The zero-order chi connectivity index (χ0) is 23.5. The lowest BCUT2D eigenvalue weighted by Crippen LogP contribution is -2.36. The van der Waals surface area contributed by atoms with Gasteiger partial charge in [0.25, 0.3) is 0 Å². The number of halogens is 1. The third kappa shape index (κ3) is 4.72. The number of hydrogen-bond acceptors (Lipinski definition) is 3. The van der Waals surface area contributed by atoms with Crippen LogP contribution in [0.15, 0.2) is 47.1 Å². The van der Waals surface area contributed by atoms with Crippen molar-refractivity contribution in [3.63, 3.8) is 0 Å². The first-order valence-electron chi connectivity index (χ1n) is 12.7. The van der Waals surface area contributed by atoms with Crippen LogP contribution in [0, 0.1) is 23.7 Å². The van der Waals surface area contributed by atoms with E-state index in [4.69, 9.17) is 4.74 Å². The number of ether oxygens (including phenoxy) is 1. The number of esters is 1. The normalized spacial score (nSPS) is 31.2. The quantitative estimate of drug-likeness (QED) is 0.253. The summed E-state index contributed by atoms with van der Waals surface area (Å²) in [5.41, 5.74) is 6.37. The summed E-state index contributed by atoms with van der Waals surface area (Å²) in [5.74, 6) is 1.67. The van der Waals surface area contributed by atoms with Gasteiger partial charge in [0.05, 0.1) is 6.67 Å². The van der Waals surface area contributed by atoms with Crippen molar-refractivity contribution in [3.05, 3.63) is 58.2 Å². The molecule has 2 saturated carbocycles. The van der Waals surface area contributed by atoms with Crippen molar-refractivity contribution in [1.29, 1.82) is 0 Å². The van der Waals surface area contributed by atoms with Crippen molar-refractivity contribution in [2.75, 3.05) is 6.67 Å². The van der Waals surface area contributed by atoms with E-state index in [9.17, 15) is 14.0 Å². The molecule has 0 heterocycles. The molecule has 3 nitrogen and oxygen atoms in total. The van der Waals surface area contributed by atoms with Gasteiger partial charge in [-0.3, -0.25) is 14.0 Å².